The molecule has 0 aliphatic heterocycles. The van der Waals surface area contributed by atoms with Gasteiger partial charge in [0, 0.05) is 0 Å². The summed E-state index contributed by atoms with van der Waals surface area (Å²) in [7, 11) is 0. The molecule has 0 spiro atoms. The van der Waals surface area contributed by atoms with Crippen molar-refractivity contribution in [1.29, 1.82) is 0 Å². The van der Waals surface area contributed by atoms with Gasteiger partial charge < -0.3 is 4.74 Å². The molecular weight excluding hydrogens is 236 g/mol. The van der Waals surface area contributed by atoms with Crippen LogP contribution in [0.25, 0.3) is 0 Å². The van der Waals surface area contributed by atoms with Crippen molar-refractivity contribution in [3.63, 3.8) is 0 Å². The van der Waals surface area contributed by atoms with Gasteiger partial charge in [-0.05, 0) is 51.9 Å². The second-order valence-electron chi connectivity index (χ2n) is 7.25. The van der Waals surface area contributed by atoms with Crippen molar-refractivity contribution in [1.82, 2.24) is 0 Å². The highest BCUT2D eigenvalue weighted by Gasteiger charge is 2.41. The second kappa shape index (κ2) is 6.28. The maximum absolute atomic E-state index is 12.6. The molecule has 2 nitrogen and oxygen atoms in total. The summed E-state index contributed by atoms with van der Waals surface area (Å²) in [5, 5.41) is 0. The SMILES string of the molecule is CCC(C)(C(=O)OC(C)(C)C1CCCCC1)C(C)C. The Balaban J connectivity index is 2.73. The van der Waals surface area contributed by atoms with E-state index in [4.69, 9.17) is 4.74 Å². The van der Waals surface area contributed by atoms with Crippen molar-refractivity contribution in [3.8, 4) is 0 Å². The molecule has 0 amide bonds. The number of esters is 1. The minimum atomic E-state index is -0.355. The van der Waals surface area contributed by atoms with E-state index in [1.165, 1.54) is 32.1 Å². The number of hydrogen-bond donors (Lipinski definition) is 0. The average Bonchev–Trinajstić information content (AvgIpc) is 2.37. The first-order chi connectivity index (χ1) is 8.74. The van der Waals surface area contributed by atoms with Crippen LogP contribution in [0.1, 0.15) is 80.1 Å². The monoisotopic (exact) mass is 268 g/mol. The highest BCUT2D eigenvalue weighted by atomic mass is 16.6. The van der Waals surface area contributed by atoms with Crippen molar-refractivity contribution in [2.75, 3.05) is 0 Å². The van der Waals surface area contributed by atoms with Crippen molar-refractivity contribution in [3.05, 3.63) is 0 Å². The lowest BCUT2D eigenvalue weighted by molar-refractivity contribution is -0.177. The van der Waals surface area contributed by atoms with Gasteiger partial charge in [-0.1, -0.05) is 40.0 Å². The molecule has 112 valence electrons. The molecule has 1 atom stereocenters. The van der Waals surface area contributed by atoms with E-state index >= 15 is 0 Å². The molecule has 0 heterocycles. The number of carbonyl (C=O) groups excluding carboxylic acids is 1. The Morgan fingerprint density at radius 3 is 2.11 bits per heavy atom. The van der Waals surface area contributed by atoms with Crippen molar-refractivity contribution in [2.45, 2.75) is 85.7 Å². The van der Waals surface area contributed by atoms with Crippen molar-refractivity contribution < 1.29 is 9.53 Å². The predicted molar refractivity (Wildman–Crippen MR) is 80.0 cm³/mol. The van der Waals surface area contributed by atoms with E-state index in [0.29, 0.717) is 11.8 Å². The van der Waals surface area contributed by atoms with Crippen LogP contribution >= 0.6 is 0 Å². The molecular formula is C17H32O2. The van der Waals surface area contributed by atoms with Crippen LogP contribution < -0.4 is 0 Å². The lowest BCUT2D eigenvalue weighted by Gasteiger charge is -2.40. The Kier molecular flexibility index (Phi) is 5.46. The first kappa shape index (κ1) is 16.5. The highest BCUT2D eigenvalue weighted by Crippen LogP contribution is 2.39. The fraction of sp³-hybridized carbons (Fsp3) is 0.941. The summed E-state index contributed by atoms with van der Waals surface area (Å²) in [4.78, 5) is 12.6. The molecule has 19 heavy (non-hydrogen) atoms. The van der Waals surface area contributed by atoms with Crippen molar-refractivity contribution >= 4 is 5.97 Å². The minimum absolute atomic E-state index is 0.0134. The molecule has 0 aromatic rings. The molecule has 0 radical (unpaired) electrons. The second-order valence-corrected chi connectivity index (χ2v) is 7.25. The molecule has 0 saturated heterocycles. The largest absolute Gasteiger partial charge is 0.459 e. The highest BCUT2D eigenvalue weighted by molar-refractivity contribution is 5.77. The smallest absolute Gasteiger partial charge is 0.312 e. The van der Waals surface area contributed by atoms with Crippen LogP contribution in [-0.2, 0) is 9.53 Å². The molecule has 1 saturated carbocycles. The molecule has 1 fully saturated rings. The van der Waals surface area contributed by atoms with Gasteiger partial charge in [0.1, 0.15) is 5.60 Å². The van der Waals surface area contributed by atoms with Crippen LogP contribution in [0, 0.1) is 17.3 Å². The van der Waals surface area contributed by atoms with Gasteiger partial charge >= 0.3 is 5.97 Å². The van der Waals surface area contributed by atoms with E-state index in [0.717, 1.165) is 6.42 Å². The van der Waals surface area contributed by atoms with Gasteiger partial charge in [-0.25, -0.2) is 0 Å². The molecule has 0 aromatic heterocycles. The third kappa shape index (κ3) is 3.73. The summed E-state index contributed by atoms with van der Waals surface area (Å²) in [6.07, 6.45) is 7.13. The fourth-order valence-corrected chi connectivity index (χ4v) is 3.02. The summed E-state index contributed by atoms with van der Waals surface area (Å²) in [6, 6.07) is 0. The Labute approximate surface area is 119 Å². The Morgan fingerprint density at radius 1 is 1.16 bits per heavy atom. The van der Waals surface area contributed by atoms with Crippen molar-refractivity contribution in [2.24, 2.45) is 17.3 Å². The number of rotatable bonds is 5. The van der Waals surface area contributed by atoms with E-state index < -0.39 is 0 Å². The van der Waals surface area contributed by atoms with Gasteiger partial charge in [0.15, 0.2) is 0 Å². The van der Waals surface area contributed by atoms with E-state index in [1.54, 1.807) is 0 Å². The van der Waals surface area contributed by atoms with Gasteiger partial charge in [0.05, 0.1) is 5.41 Å². The van der Waals surface area contributed by atoms with E-state index in [9.17, 15) is 4.79 Å². The molecule has 1 aliphatic rings. The maximum atomic E-state index is 12.6. The standard InChI is InChI=1S/C17H32O2/c1-7-17(6,13(2)3)15(18)19-16(4,5)14-11-9-8-10-12-14/h13-14H,7-12H2,1-6H3. The van der Waals surface area contributed by atoms with Crippen LogP contribution in [-0.4, -0.2) is 11.6 Å². The number of ether oxygens (including phenoxy) is 1. The van der Waals surface area contributed by atoms with E-state index in [-0.39, 0.29) is 17.0 Å². The predicted octanol–water partition coefficient (Wildman–Crippen LogP) is 4.96. The van der Waals surface area contributed by atoms with E-state index in [1.807, 2.05) is 6.92 Å². The van der Waals surface area contributed by atoms with Gasteiger partial charge in [-0.3, -0.25) is 4.79 Å². The first-order valence-corrected chi connectivity index (χ1v) is 7.97. The molecule has 2 heteroatoms. The Morgan fingerprint density at radius 2 is 1.68 bits per heavy atom. The van der Waals surface area contributed by atoms with E-state index in [2.05, 4.69) is 34.6 Å². The maximum Gasteiger partial charge on any atom is 0.312 e. The summed E-state index contributed by atoms with van der Waals surface area (Å²) >= 11 is 0. The summed E-state index contributed by atoms with van der Waals surface area (Å²) in [6.45, 7) is 12.5. The lowest BCUT2D eigenvalue weighted by atomic mass is 9.75. The van der Waals surface area contributed by atoms with Crippen LogP contribution in [0.3, 0.4) is 0 Å². The molecule has 1 aliphatic carbocycles. The minimum Gasteiger partial charge on any atom is -0.459 e. The van der Waals surface area contributed by atoms with Crippen LogP contribution in [0.2, 0.25) is 0 Å². The normalized spacial score (nSPS) is 21.2. The summed E-state index contributed by atoms with van der Waals surface area (Å²) < 4.78 is 5.96. The van der Waals surface area contributed by atoms with Gasteiger partial charge in [0.25, 0.3) is 0 Å². The zero-order valence-electron chi connectivity index (χ0n) is 13.7. The van der Waals surface area contributed by atoms with Crippen LogP contribution in [0.4, 0.5) is 0 Å². The Hall–Kier alpha value is -0.530. The number of carbonyl (C=O) groups is 1. The fourth-order valence-electron chi connectivity index (χ4n) is 3.02. The number of hydrogen-bond acceptors (Lipinski definition) is 2. The third-order valence-corrected chi connectivity index (χ3v) is 5.42. The third-order valence-electron chi connectivity index (χ3n) is 5.42. The zero-order valence-corrected chi connectivity index (χ0v) is 13.7. The summed E-state index contributed by atoms with van der Waals surface area (Å²) in [5.41, 5.74) is -0.672. The summed E-state index contributed by atoms with van der Waals surface area (Å²) in [5.74, 6) is 0.825. The van der Waals surface area contributed by atoms with Crippen LogP contribution in [0.15, 0.2) is 0 Å². The average molecular weight is 268 g/mol. The zero-order chi connectivity index (χ0) is 14.7. The van der Waals surface area contributed by atoms with Gasteiger partial charge in [0.2, 0.25) is 0 Å². The van der Waals surface area contributed by atoms with Crippen LogP contribution in [0.5, 0.6) is 0 Å². The molecule has 0 N–H and O–H groups in total. The first-order valence-electron chi connectivity index (χ1n) is 7.97. The Bertz CT molecular complexity index is 300. The molecule has 1 rings (SSSR count). The lowest BCUT2D eigenvalue weighted by Crippen LogP contribution is -2.44. The van der Waals surface area contributed by atoms with Gasteiger partial charge in [-0.2, -0.15) is 0 Å². The quantitative estimate of drug-likeness (QED) is 0.659. The topological polar surface area (TPSA) is 26.3 Å². The molecule has 1 unspecified atom stereocenters. The molecule has 0 bridgehead atoms. The molecule has 0 aromatic carbocycles. The van der Waals surface area contributed by atoms with Gasteiger partial charge in [-0.15, -0.1) is 0 Å².